The van der Waals surface area contributed by atoms with Crippen molar-refractivity contribution in [1.29, 1.82) is 5.26 Å². The Labute approximate surface area is 120 Å². The van der Waals surface area contributed by atoms with Gasteiger partial charge in [0.25, 0.3) is 0 Å². The monoisotopic (exact) mass is 277 g/mol. The van der Waals surface area contributed by atoms with Gasteiger partial charge in [0.1, 0.15) is 6.07 Å². The van der Waals surface area contributed by atoms with Crippen molar-refractivity contribution < 1.29 is 0 Å². The van der Waals surface area contributed by atoms with Crippen LogP contribution in [0.1, 0.15) is 31.2 Å². The zero-order chi connectivity index (χ0) is 13.5. The Bertz CT molecular complexity index is 445. The van der Waals surface area contributed by atoms with Crippen LogP contribution >= 0.6 is 11.6 Å². The summed E-state index contributed by atoms with van der Waals surface area (Å²) >= 11 is 6.01. The van der Waals surface area contributed by atoms with E-state index in [4.69, 9.17) is 16.9 Å². The van der Waals surface area contributed by atoms with Gasteiger partial charge in [-0.25, -0.2) is 0 Å². The zero-order valence-electron chi connectivity index (χ0n) is 11.2. The van der Waals surface area contributed by atoms with E-state index in [-0.39, 0.29) is 0 Å². The summed E-state index contributed by atoms with van der Waals surface area (Å²) in [7, 11) is 0. The summed E-state index contributed by atoms with van der Waals surface area (Å²) in [6.45, 7) is 4.27. The van der Waals surface area contributed by atoms with Crippen LogP contribution in [0.25, 0.3) is 0 Å². The molecule has 1 saturated heterocycles. The molecule has 1 aliphatic heterocycles. The first-order valence-corrected chi connectivity index (χ1v) is 7.34. The molecule has 0 amide bonds. The molecule has 0 saturated carbocycles. The SMILES string of the molecule is N#Cc1c(Cl)cccc1NCCN1CCCCCC1. The van der Waals surface area contributed by atoms with E-state index in [9.17, 15) is 0 Å². The third-order valence-corrected chi connectivity index (χ3v) is 3.88. The molecule has 1 aromatic rings. The predicted molar refractivity (Wildman–Crippen MR) is 79.6 cm³/mol. The van der Waals surface area contributed by atoms with Crippen LogP contribution in [-0.4, -0.2) is 31.1 Å². The number of hydrogen-bond acceptors (Lipinski definition) is 3. The number of rotatable bonds is 4. The molecule has 1 fully saturated rings. The maximum absolute atomic E-state index is 9.10. The first-order chi connectivity index (χ1) is 9.31. The molecule has 102 valence electrons. The maximum atomic E-state index is 9.10. The van der Waals surface area contributed by atoms with E-state index in [1.165, 1.54) is 38.8 Å². The molecule has 0 spiro atoms. The van der Waals surface area contributed by atoms with Crippen molar-refractivity contribution >= 4 is 17.3 Å². The second-order valence-corrected chi connectivity index (χ2v) is 5.36. The molecule has 3 nitrogen and oxygen atoms in total. The summed E-state index contributed by atoms with van der Waals surface area (Å²) in [4.78, 5) is 2.50. The molecule has 0 aliphatic carbocycles. The van der Waals surface area contributed by atoms with Gasteiger partial charge in [-0.2, -0.15) is 5.26 Å². The van der Waals surface area contributed by atoms with Crippen molar-refractivity contribution in [1.82, 2.24) is 4.90 Å². The van der Waals surface area contributed by atoms with Crippen LogP contribution in [-0.2, 0) is 0 Å². The molecule has 0 bridgehead atoms. The van der Waals surface area contributed by atoms with E-state index in [0.29, 0.717) is 10.6 Å². The summed E-state index contributed by atoms with van der Waals surface area (Å²) in [6.07, 6.45) is 5.33. The molecule has 2 rings (SSSR count). The Kier molecular flexibility index (Phi) is 5.50. The van der Waals surface area contributed by atoms with Gasteiger partial charge in [0.2, 0.25) is 0 Å². The number of hydrogen-bond donors (Lipinski definition) is 1. The second kappa shape index (κ2) is 7.37. The van der Waals surface area contributed by atoms with E-state index in [0.717, 1.165) is 18.8 Å². The van der Waals surface area contributed by atoms with Crippen LogP contribution in [0, 0.1) is 11.3 Å². The predicted octanol–water partition coefficient (Wildman–Crippen LogP) is 3.50. The van der Waals surface area contributed by atoms with Crippen molar-refractivity contribution in [3.8, 4) is 6.07 Å². The fourth-order valence-corrected chi connectivity index (χ4v) is 2.71. The number of nitrogens with zero attached hydrogens (tertiary/aromatic N) is 2. The molecule has 1 N–H and O–H groups in total. The minimum absolute atomic E-state index is 0.516. The first kappa shape index (κ1) is 14.2. The molecule has 19 heavy (non-hydrogen) atoms. The average Bonchev–Trinajstić information content (AvgIpc) is 2.68. The van der Waals surface area contributed by atoms with Gasteiger partial charge in [-0.3, -0.25) is 0 Å². The lowest BCUT2D eigenvalue weighted by molar-refractivity contribution is 0.296. The summed E-state index contributed by atoms with van der Waals surface area (Å²) in [6, 6.07) is 7.69. The number of nitrogens with one attached hydrogen (secondary N) is 1. The summed E-state index contributed by atoms with van der Waals surface area (Å²) in [5.74, 6) is 0. The third kappa shape index (κ3) is 4.12. The van der Waals surface area contributed by atoms with Crippen LogP contribution in [0.3, 0.4) is 0 Å². The topological polar surface area (TPSA) is 39.1 Å². The molecule has 0 radical (unpaired) electrons. The molecular weight excluding hydrogens is 258 g/mol. The molecule has 1 aromatic carbocycles. The maximum Gasteiger partial charge on any atom is 0.103 e. The highest BCUT2D eigenvalue weighted by molar-refractivity contribution is 6.32. The van der Waals surface area contributed by atoms with Gasteiger partial charge in [0, 0.05) is 13.1 Å². The van der Waals surface area contributed by atoms with Gasteiger partial charge in [0.15, 0.2) is 0 Å². The first-order valence-electron chi connectivity index (χ1n) is 6.96. The minimum atomic E-state index is 0.516. The quantitative estimate of drug-likeness (QED) is 0.915. The lowest BCUT2D eigenvalue weighted by Crippen LogP contribution is -2.30. The Morgan fingerprint density at radius 1 is 1.21 bits per heavy atom. The average molecular weight is 278 g/mol. The Morgan fingerprint density at radius 3 is 2.63 bits per heavy atom. The van der Waals surface area contributed by atoms with Gasteiger partial charge in [-0.15, -0.1) is 0 Å². The van der Waals surface area contributed by atoms with Gasteiger partial charge >= 0.3 is 0 Å². The fraction of sp³-hybridized carbons (Fsp3) is 0.533. The Morgan fingerprint density at radius 2 is 1.95 bits per heavy atom. The van der Waals surface area contributed by atoms with Crippen LogP contribution in [0.2, 0.25) is 5.02 Å². The van der Waals surface area contributed by atoms with Crippen molar-refractivity contribution in [2.24, 2.45) is 0 Å². The van der Waals surface area contributed by atoms with Gasteiger partial charge in [-0.05, 0) is 38.1 Å². The van der Waals surface area contributed by atoms with Crippen molar-refractivity contribution in [2.45, 2.75) is 25.7 Å². The van der Waals surface area contributed by atoms with E-state index in [1.54, 1.807) is 6.07 Å². The summed E-state index contributed by atoms with van der Waals surface area (Å²) < 4.78 is 0. The number of halogens is 1. The number of nitriles is 1. The molecular formula is C15H20ClN3. The largest absolute Gasteiger partial charge is 0.383 e. The van der Waals surface area contributed by atoms with Crippen molar-refractivity contribution in [3.05, 3.63) is 28.8 Å². The molecule has 0 atom stereocenters. The van der Waals surface area contributed by atoms with Crippen molar-refractivity contribution in [2.75, 3.05) is 31.5 Å². The summed E-state index contributed by atoms with van der Waals surface area (Å²) in [5.41, 5.74) is 1.38. The smallest absolute Gasteiger partial charge is 0.103 e. The Balaban J connectivity index is 1.85. The van der Waals surface area contributed by atoms with Crippen LogP contribution in [0.15, 0.2) is 18.2 Å². The van der Waals surface area contributed by atoms with Crippen LogP contribution < -0.4 is 5.32 Å². The highest BCUT2D eigenvalue weighted by atomic mass is 35.5. The number of likely N-dealkylation sites (tertiary alicyclic amines) is 1. The molecule has 0 aromatic heterocycles. The highest BCUT2D eigenvalue weighted by Crippen LogP contribution is 2.23. The number of anilines is 1. The summed E-state index contributed by atoms with van der Waals surface area (Å²) in [5, 5.41) is 12.9. The van der Waals surface area contributed by atoms with E-state index < -0.39 is 0 Å². The molecule has 4 heteroatoms. The Hall–Kier alpha value is -1.24. The molecule has 0 unspecified atom stereocenters. The van der Waals surface area contributed by atoms with Gasteiger partial charge in [0.05, 0.1) is 16.3 Å². The molecule has 1 heterocycles. The van der Waals surface area contributed by atoms with E-state index in [2.05, 4.69) is 16.3 Å². The van der Waals surface area contributed by atoms with Crippen molar-refractivity contribution in [3.63, 3.8) is 0 Å². The fourth-order valence-electron chi connectivity index (χ4n) is 2.49. The van der Waals surface area contributed by atoms with Gasteiger partial charge in [-0.1, -0.05) is 30.5 Å². The standard InChI is InChI=1S/C15H20ClN3/c16-14-6-5-7-15(13(14)12-17)18-8-11-19-9-3-1-2-4-10-19/h5-7,18H,1-4,8-11H2. The lowest BCUT2D eigenvalue weighted by atomic mass is 10.2. The normalized spacial score (nSPS) is 16.6. The third-order valence-electron chi connectivity index (χ3n) is 3.57. The van der Waals surface area contributed by atoms with E-state index in [1.807, 2.05) is 12.1 Å². The van der Waals surface area contributed by atoms with Crippen LogP contribution in [0.5, 0.6) is 0 Å². The van der Waals surface area contributed by atoms with Crippen LogP contribution in [0.4, 0.5) is 5.69 Å². The lowest BCUT2D eigenvalue weighted by Gasteiger charge is -2.20. The second-order valence-electron chi connectivity index (χ2n) is 4.96. The van der Waals surface area contributed by atoms with E-state index >= 15 is 0 Å². The minimum Gasteiger partial charge on any atom is -0.383 e. The number of benzene rings is 1. The zero-order valence-corrected chi connectivity index (χ0v) is 11.9. The molecule has 1 aliphatic rings. The van der Waals surface area contributed by atoms with Gasteiger partial charge < -0.3 is 10.2 Å². The highest BCUT2D eigenvalue weighted by Gasteiger charge is 2.09.